The number of quaternary nitrogens is 1. The van der Waals surface area contributed by atoms with Crippen molar-refractivity contribution in [1.29, 1.82) is 0 Å². The first-order chi connectivity index (χ1) is 8.55. The standard InChI is InChI=1S/C17H30N/c1-7-12-15-17(13-8-2,14-9-3)18(6,11-5)16-10-4/h7-10H,1-4,11-16H2,5-6H3/q+1. The Hall–Kier alpha value is -1.08. The number of allylic oxidation sites excluding steroid dienone is 1. The molecule has 0 saturated carbocycles. The molecule has 1 unspecified atom stereocenters. The lowest BCUT2D eigenvalue weighted by Crippen LogP contribution is -2.61. The van der Waals surface area contributed by atoms with Crippen LogP contribution in [0.25, 0.3) is 0 Å². The molecule has 0 radical (unpaired) electrons. The van der Waals surface area contributed by atoms with Gasteiger partial charge < -0.3 is 4.48 Å². The minimum atomic E-state index is 0.167. The van der Waals surface area contributed by atoms with Gasteiger partial charge in [-0.25, -0.2) is 0 Å². The summed E-state index contributed by atoms with van der Waals surface area (Å²) in [5, 5.41) is 0. The van der Waals surface area contributed by atoms with E-state index in [1.54, 1.807) is 0 Å². The van der Waals surface area contributed by atoms with Crippen molar-refractivity contribution in [3.05, 3.63) is 50.6 Å². The maximum Gasteiger partial charge on any atom is 0.106 e. The first kappa shape index (κ1) is 16.9. The van der Waals surface area contributed by atoms with Crippen molar-refractivity contribution in [2.24, 2.45) is 0 Å². The second-order valence-corrected chi connectivity index (χ2v) is 5.22. The van der Waals surface area contributed by atoms with E-state index in [4.69, 9.17) is 0 Å². The lowest BCUT2D eigenvalue weighted by molar-refractivity contribution is -0.953. The molecule has 18 heavy (non-hydrogen) atoms. The molecule has 1 atom stereocenters. The molecule has 0 fully saturated rings. The summed E-state index contributed by atoms with van der Waals surface area (Å²) in [6.07, 6.45) is 12.3. The van der Waals surface area contributed by atoms with Crippen molar-refractivity contribution >= 4 is 0 Å². The molecule has 0 aliphatic rings. The third kappa shape index (κ3) is 3.71. The summed E-state index contributed by atoms with van der Waals surface area (Å²) in [6.45, 7) is 20.0. The average Bonchev–Trinajstić information content (AvgIpc) is 2.36. The van der Waals surface area contributed by atoms with E-state index in [0.29, 0.717) is 0 Å². The molecule has 0 heterocycles. The largest absolute Gasteiger partial charge is 0.318 e. The Bertz CT molecular complexity index is 280. The highest BCUT2D eigenvalue weighted by molar-refractivity contribution is 4.96. The Kier molecular flexibility index (Phi) is 7.61. The van der Waals surface area contributed by atoms with E-state index in [2.05, 4.69) is 40.3 Å². The zero-order valence-electron chi connectivity index (χ0n) is 12.3. The monoisotopic (exact) mass is 248 g/mol. The zero-order chi connectivity index (χ0) is 14.1. The van der Waals surface area contributed by atoms with Crippen LogP contribution in [0.2, 0.25) is 0 Å². The SMILES string of the molecule is C=CCCC(CC=C)(CC=C)[N+](C)(CC)CC=C. The molecule has 0 aromatic heterocycles. The Morgan fingerprint density at radius 1 is 0.944 bits per heavy atom. The van der Waals surface area contributed by atoms with E-state index >= 15 is 0 Å². The van der Waals surface area contributed by atoms with Gasteiger partial charge in [0.05, 0.1) is 20.1 Å². The third-order valence-electron chi connectivity index (χ3n) is 4.24. The molecule has 0 N–H and O–H groups in total. The lowest BCUT2D eigenvalue weighted by atomic mass is 9.82. The van der Waals surface area contributed by atoms with Crippen LogP contribution >= 0.6 is 0 Å². The maximum atomic E-state index is 3.95. The van der Waals surface area contributed by atoms with E-state index < -0.39 is 0 Å². The Morgan fingerprint density at radius 2 is 1.50 bits per heavy atom. The summed E-state index contributed by atoms with van der Waals surface area (Å²) in [5.74, 6) is 0. The molecule has 0 aliphatic carbocycles. The van der Waals surface area contributed by atoms with Crippen molar-refractivity contribution in [3.63, 3.8) is 0 Å². The second-order valence-electron chi connectivity index (χ2n) is 5.22. The number of rotatable bonds is 11. The fourth-order valence-corrected chi connectivity index (χ4v) is 2.85. The highest BCUT2D eigenvalue weighted by atomic mass is 15.4. The molecule has 0 rings (SSSR count). The summed E-state index contributed by atoms with van der Waals surface area (Å²) in [6, 6.07) is 0. The van der Waals surface area contributed by atoms with Crippen LogP contribution in [0.3, 0.4) is 0 Å². The predicted molar refractivity (Wildman–Crippen MR) is 83.6 cm³/mol. The topological polar surface area (TPSA) is 0 Å². The summed E-state index contributed by atoms with van der Waals surface area (Å²) >= 11 is 0. The number of hydrogen-bond donors (Lipinski definition) is 0. The van der Waals surface area contributed by atoms with Crippen LogP contribution in [0.15, 0.2) is 50.6 Å². The molecule has 0 spiro atoms. The molecular weight excluding hydrogens is 218 g/mol. The zero-order valence-corrected chi connectivity index (χ0v) is 12.3. The van der Waals surface area contributed by atoms with E-state index in [9.17, 15) is 0 Å². The minimum Gasteiger partial charge on any atom is -0.318 e. The third-order valence-corrected chi connectivity index (χ3v) is 4.24. The number of hydrogen-bond acceptors (Lipinski definition) is 0. The summed E-state index contributed by atoms with van der Waals surface area (Å²) < 4.78 is 0.988. The number of likely N-dealkylation sites (N-methyl/N-ethyl adjacent to an activating group) is 1. The first-order valence-electron chi connectivity index (χ1n) is 6.84. The van der Waals surface area contributed by atoms with Gasteiger partial charge in [-0.1, -0.05) is 24.8 Å². The van der Waals surface area contributed by atoms with Crippen molar-refractivity contribution in [2.75, 3.05) is 20.1 Å². The normalized spacial score (nSPS) is 14.6. The molecule has 1 nitrogen and oxygen atoms in total. The molecule has 1 heteroatoms. The Balaban J connectivity index is 5.44. The van der Waals surface area contributed by atoms with Gasteiger partial charge in [-0.15, -0.1) is 19.7 Å². The van der Waals surface area contributed by atoms with Gasteiger partial charge in [-0.2, -0.15) is 0 Å². The van der Waals surface area contributed by atoms with Crippen LogP contribution < -0.4 is 0 Å². The molecule has 0 saturated heterocycles. The minimum absolute atomic E-state index is 0.167. The molecule has 0 amide bonds. The fourth-order valence-electron chi connectivity index (χ4n) is 2.85. The van der Waals surface area contributed by atoms with Crippen LogP contribution in [0.1, 0.15) is 32.6 Å². The molecule has 0 aromatic carbocycles. The molecular formula is C17H30N+. The van der Waals surface area contributed by atoms with Crippen LogP contribution in [0.5, 0.6) is 0 Å². The lowest BCUT2D eigenvalue weighted by Gasteiger charge is -2.50. The first-order valence-corrected chi connectivity index (χ1v) is 6.84. The average molecular weight is 248 g/mol. The molecule has 0 bridgehead atoms. The maximum absolute atomic E-state index is 3.95. The fraction of sp³-hybridized carbons (Fsp3) is 0.529. The van der Waals surface area contributed by atoms with Crippen molar-refractivity contribution in [2.45, 2.75) is 38.1 Å². The summed E-state index contributed by atoms with van der Waals surface area (Å²) in [5.41, 5.74) is 0.167. The van der Waals surface area contributed by atoms with Crippen LogP contribution in [-0.2, 0) is 0 Å². The van der Waals surface area contributed by atoms with E-state index in [1.807, 2.05) is 24.3 Å². The smallest absolute Gasteiger partial charge is 0.106 e. The van der Waals surface area contributed by atoms with Crippen LogP contribution in [0, 0.1) is 0 Å². The summed E-state index contributed by atoms with van der Waals surface area (Å²) in [7, 11) is 2.32. The van der Waals surface area contributed by atoms with E-state index in [0.717, 1.165) is 43.3 Å². The van der Waals surface area contributed by atoms with Crippen molar-refractivity contribution in [1.82, 2.24) is 0 Å². The van der Waals surface area contributed by atoms with Gasteiger partial charge in [-0.3, -0.25) is 0 Å². The van der Waals surface area contributed by atoms with Gasteiger partial charge in [0.15, 0.2) is 0 Å². The van der Waals surface area contributed by atoms with Gasteiger partial charge in [0, 0.05) is 19.3 Å². The van der Waals surface area contributed by atoms with Gasteiger partial charge in [-0.05, 0) is 19.4 Å². The highest BCUT2D eigenvalue weighted by Crippen LogP contribution is 2.36. The van der Waals surface area contributed by atoms with Gasteiger partial charge >= 0.3 is 0 Å². The van der Waals surface area contributed by atoms with Gasteiger partial charge in [0.1, 0.15) is 5.54 Å². The van der Waals surface area contributed by atoms with Crippen molar-refractivity contribution in [3.8, 4) is 0 Å². The van der Waals surface area contributed by atoms with Crippen LogP contribution in [0.4, 0.5) is 0 Å². The van der Waals surface area contributed by atoms with Crippen molar-refractivity contribution < 1.29 is 4.48 Å². The quantitative estimate of drug-likeness (QED) is 0.373. The predicted octanol–water partition coefficient (Wildman–Crippen LogP) is 4.50. The summed E-state index contributed by atoms with van der Waals surface area (Å²) in [4.78, 5) is 0. The number of nitrogens with zero attached hydrogens (tertiary/aromatic N) is 1. The molecule has 0 aromatic rings. The highest BCUT2D eigenvalue weighted by Gasteiger charge is 2.43. The second kappa shape index (κ2) is 8.10. The Labute approximate surface area is 114 Å². The Morgan fingerprint density at radius 3 is 1.83 bits per heavy atom. The van der Waals surface area contributed by atoms with E-state index in [1.165, 1.54) is 0 Å². The van der Waals surface area contributed by atoms with Gasteiger partial charge in [0.2, 0.25) is 0 Å². The van der Waals surface area contributed by atoms with E-state index in [-0.39, 0.29) is 5.54 Å². The molecule has 102 valence electrons. The van der Waals surface area contributed by atoms with Crippen LogP contribution in [-0.4, -0.2) is 30.2 Å². The van der Waals surface area contributed by atoms with Gasteiger partial charge in [0.25, 0.3) is 0 Å². The molecule has 0 aliphatic heterocycles.